The summed E-state index contributed by atoms with van der Waals surface area (Å²) >= 11 is 1.29. The van der Waals surface area contributed by atoms with Gasteiger partial charge in [-0.1, -0.05) is 13.8 Å². The Labute approximate surface area is 129 Å². The number of carbonyl (C=O) groups excluding carboxylic acids is 2. The van der Waals surface area contributed by atoms with Crippen molar-refractivity contribution < 1.29 is 14.3 Å². The largest absolute Gasteiger partial charge is 0.465 e. The van der Waals surface area contributed by atoms with Crippen LogP contribution in [0.15, 0.2) is 5.38 Å². The molecule has 0 aromatic carbocycles. The fraction of sp³-hybridized carbons (Fsp3) is 0.600. The molecule has 1 aliphatic heterocycles. The molecule has 0 aliphatic carbocycles. The molecule has 5 nitrogen and oxygen atoms in total. The van der Waals surface area contributed by atoms with E-state index in [2.05, 4.69) is 24.5 Å². The molecule has 116 valence electrons. The first-order valence-corrected chi connectivity index (χ1v) is 7.95. The van der Waals surface area contributed by atoms with Crippen LogP contribution in [0.2, 0.25) is 0 Å². The second kappa shape index (κ2) is 6.15. The highest BCUT2D eigenvalue weighted by Gasteiger charge is 2.37. The van der Waals surface area contributed by atoms with Gasteiger partial charge in [-0.2, -0.15) is 0 Å². The molecule has 1 unspecified atom stereocenters. The molecule has 6 heteroatoms. The molecule has 1 saturated heterocycles. The Morgan fingerprint density at radius 2 is 2.19 bits per heavy atom. The highest BCUT2D eigenvalue weighted by molar-refractivity contribution is 7.12. The van der Waals surface area contributed by atoms with Crippen molar-refractivity contribution in [2.24, 2.45) is 5.41 Å². The summed E-state index contributed by atoms with van der Waals surface area (Å²) in [4.78, 5) is 24.8. The van der Waals surface area contributed by atoms with Crippen LogP contribution in [0.5, 0.6) is 0 Å². The molecule has 1 aromatic rings. The molecule has 2 N–H and O–H groups in total. The number of rotatable bonds is 3. The third-order valence-electron chi connectivity index (χ3n) is 3.98. The van der Waals surface area contributed by atoms with Gasteiger partial charge in [0.15, 0.2) is 0 Å². The van der Waals surface area contributed by atoms with E-state index >= 15 is 0 Å². The molecular formula is C15H22N2O3S. The third kappa shape index (κ3) is 3.27. The fourth-order valence-electron chi connectivity index (χ4n) is 2.70. The molecular weight excluding hydrogens is 288 g/mol. The van der Waals surface area contributed by atoms with Crippen LogP contribution < -0.4 is 10.6 Å². The molecule has 0 saturated carbocycles. The maximum absolute atomic E-state index is 12.6. The lowest BCUT2D eigenvalue weighted by molar-refractivity contribution is -0.121. The molecule has 1 amide bonds. The van der Waals surface area contributed by atoms with Crippen molar-refractivity contribution in [1.29, 1.82) is 0 Å². The van der Waals surface area contributed by atoms with Gasteiger partial charge in [0.2, 0.25) is 5.91 Å². The molecule has 1 fully saturated rings. The minimum atomic E-state index is -0.417. The molecule has 0 spiro atoms. The van der Waals surface area contributed by atoms with E-state index in [-0.39, 0.29) is 17.4 Å². The molecule has 2 heterocycles. The van der Waals surface area contributed by atoms with Gasteiger partial charge < -0.3 is 15.4 Å². The zero-order chi connectivity index (χ0) is 15.6. The standard InChI is InChI=1S/C15H22N2O3S/c1-9-8-21-11(14(19)20-4)10(9)17-13(18)12-15(2,3)6-5-7-16-12/h8,12,16H,5-7H2,1-4H3,(H,17,18). The van der Waals surface area contributed by atoms with Crippen molar-refractivity contribution in [3.8, 4) is 0 Å². The lowest BCUT2D eigenvalue weighted by Gasteiger charge is -2.38. The Morgan fingerprint density at radius 1 is 1.48 bits per heavy atom. The molecule has 1 atom stereocenters. The molecule has 0 radical (unpaired) electrons. The molecule has 21 heavy (non-hydrogen) atoms. The normalized spacial score (nSPS) is 20.9. The Hall–Kier alpha value is -1.40. The van der Waals surface area contributed by atoms with Gasteiger partial charge in [0.25, 0.3) is 0 Å². The minimum absolute atomic E-state index is 0.0913. The Morgan fingerprint density at radius 3 is 2.81 bits per heavy atom. The average Bonchev–Trinajstić information content (AvgIpc) is 2.79. The van der Waals surface area contributed by atoms with Crippen LogP contribution in [-0.2, 0) is 9.53 Å². The number of hydrogen-bond donors (Lipinski definition) is 2. The maximum Gasteiger partial charge on any atom is 0.350 e. The summed E-state index contributed by atoms with van der Waals surface area (Å²) < 4.78 is 4.76. The van der Waals surface area contributed by atoms with E-state index in [0.29, 0.717) is 10.6 Å². The lowest BCUT2D eigenvalue weighted by atomic mass is 9.77. The van der Waals surface area contributed by atoms with Gasteiger partial charge in [-0.25, -0.2) is 4.79 Å². The Kier molecular flexibility index (Phi) is 4.68. The summed E-state index contributed by atoms with van der Waals surface area (Å²) in [6.45, 7) is 6.89. The van der Waals surface area contributed by atoms with Crippen LogP contribution in [-0.4, -0.2) is 31.6 Å². The van der Waals surface area contributed by atoms with Gasteiger partial charge in [0.1, 0.15) is 4.88 Å². The zero-order valence-corrected chi connectivity index (χ0v) is 13.7. The number of methoxy groups -OCH3 is 1. The zero-order valence-electron chi connectivity index (χ0n) is 12.9. The monoisotopic (exact) mass is 310 g/mol. The number of piperidine rings is 1. The number of anilines is 1. The third-order valence-corrected chi connectivity index (χ3v) is 5.06. The van der Waals surface area contributed by atoms with E-state index in [9.17, 15) is 9.59 Å². The number of aryl methyl sites for hydroxylation is 1. The fourth-order valence-corrected chi connectivity index (χ4v) is 3.62. The molecule has 1 aliphatic rings. The first-order chi connectivity index (χ1) is 9.86. The van der Waals surface area contributed by atoms with Crippen LogP contribution >= 0.6 is 11.3 Å². The summed E-state index contributed by atoms with van der Waals surface area (Å²) in [5.41, 5.74) is 1.35. The van der Waals surface area contributed by atoms with Gasteiger partial charge in [-0.3, -0.25) is 4.79 Å². The number of nitrogens with one attached hydrogen (secondary N) is 2. The van der Waals surface area contributed by atoms with Gasteiger partial charge in [-0.15, -0.1) is 11.3 Å². The number of amides is 1. The second-order valence-electron chi connectivity index (χ2n) is 6.08. The number of ether oxygens (including phenoxy) is 1. The van der Waals surface area contributed by atoms with Crippen molar-refractivity contribution in [3.05, 3.63) is 15.8 Å². The van der Waals surface area contributed by atoms with E-state index in [1.807, 2.05) is 12.3 Å². The van der Waals surface area contributed by atoms with Crippen LogP contribution in [0.3, 0.4) is 0 Å². The molecule has 0 bridgehead atoms. The molecule has 2 rings (SSSR count). The van der Waals surface area contributed by atoms with E-state index in [0.717, 1.165) is 24.9 Å². The number of hydrogen-bond acceptors (Lipinski definition) is 5. The first kappa shape index (κ1) is 16.0. The first-order valence-electron chi connectivity index (χ1n) is 7.07. The van der Waals surface area contributed by atoms with Crippen LogP contribution in [0.4, 0.5) is 5.69 Å². The summed E-state index contributed by atoms with van der Waals surface area (Å²) in [6, 6.07) is -0.254. The average molecular weight is 310 g/mol. The predicted octanol–water partition coefficient (Wildman–Crippen LogP) is 2.56. The smallest absolute Gasteiger partial charge is 0.350 e. The second-order valence-corrected chi connectivity index (χ2v) is 6.96. The van der Waals surface area contributed by atoms with Gasteiger partial charge in [0.05, 0.1) is 18.8 Å². The van der Waals surface area contributed by atoms with Crippen molar-refractivity contribution in [2.45, 2.75) is 39.7 Å². The van der Waals surface area contributed by atoms with Crippen LogP contribution in [0.1, 0.15) is 41.9 Å². The summed E-state index contributed by atoms with van der Waals surface area (Å²) in [5.74, 6) is -0.509. The summed E-state index contributed by atoms with van der Waals surface area (Å²) in [6.07, 6.45) is 2.08. The van der Waals surface area contributed by atoms with Crippen molar-refractivity contribution >= 4 is 28.9 Å². The highest BCUT2D eigenvalue weighted by Crippen LogP contribution is 2.33. The summed E-state index contributed by atoms with van der Waals surface area (Å²) in [5, 5.41) is 8.03. The van der Waals surface area contributed by atoms with Crippen LogP contribution in [0, 0.1) is 12.3 Å². The van der Waals surface area contributed by atoms with Crippen molar-refractivity contribution in [1.82, 2.24) is 5.32 Å². The van der Waals surface area contributed by atoms with Crippen molar-refractivity contribution in [3.63, 3.8) is 0 Å². The Bertz CT molecular complexity index is 551. The summed E-state index contributed by atoms with van der Waals surface area (Å²) in [7, 11) is 1.34. The predicted molar refractivity (Wildman–Crippen MR) is 83.8 cm³/mol. The topological polar surface area (TPSA) is 67.4 Å². The minimum Gasteiger partial charge on any atom is -0.465 e. The van der Waals surface area contributed by atoms with E-state index in [4.69, 9.17) is 4.74 Å². The Balaban J connectivity index is 2.20. The van der Waals surface area contributed by atoms with Gasteiger partial charge in [0, 0.05) is 0 Å². The van der Waals surface area contributed by atoms with Crippen molar-refractivity contribution in [2.75, 3.05) is 19.0 Å². The van der Waals surface area contributed by atoms with E-state index in [1.54, 1.807) is 0 Å². The van der Waals surface area contributed by atoms with Gasteiger partial charge >= 0.3 is 5.97 Å². The van der Waals surface area contributed by atoms with E-state index < -0.39 is 5.97 Å². The lowest BCUT2D eigenvalue weighted by Crippen LogP contribution is -2.53. The quantitative estimate of drug-likeness (QED) is 0.842. The van der Waals surface area contributed by atoms with E-state index in [1.165, 1.54) is 18.4 Å². The SMILES string of the molecule is COC(=O)c1scc(C)c1NC(=O)C1NCCCC1(C)C. The molecule has 1 aromatic heterocycles. The number of esters is 1. The number of carbonyl (C=O) groups is 2. The maximum atomic E-state index is 12.6. The van der Waals surface area contributed by atoms with Crippen LogP contribution in [0.25, 0.3) is 0 Å². The number of thiophene rings is 1. The van der Waals surface area contributed by atoms with Gasteiger partial charge in [-0.05, 0) is 42.7 Å². The highest BCUT2D eigenvalue weighted by atomic mass is 32.1.